The third-order valence-corrected chi connectivity index (χ3v) is 4.89. The van der Waals surface area contributed by atoms with Crippen LogP contribution in [-0.4, -0.2) is 27.8 Å². The van der Waals surface area contributed by atoms with Gasteiger partial charge < -0.3 is 10.3 Å². The molecule has 2 atom stereocenters. The van der Waals surface area contributed by atoms with Crippen LogP contribution in [0.4, 0.5) is 0 Å². The van der Waals surface area contributed by atoms with E-state index >= 15 is 0 Å². The van der Waals surface area contributed by atoms with Gasteiger partial charge in [-0.15, -0.1) is 0 Å². The molecule has 0 amide bonds. The molecule has 1 saturated carbocycles. The van der Waals surface area contributed by atoms with Crippen LogP contribution in [0.1, 0.15) is 40.0 Å². The summed E-state index contributed by atoms with van der Waals surface area (Å²) in [6, 6.07) is 0.595. The number of rotatable bonds is 5. The minimum Gasteiger partial charge on any atom is -0.340 e. The molecule has 1 aromatic heterocycles. The minimum atomic E-state index is 0.402. The Kier molecular flexibility index (Phi) is 4.15. The molecular weight excluding hydrogens is 230 g/mol. The molecule has 1 aliphatic rings. The minimum absolute atomic E-state index is 0.402. The molecule has 0 saturated heterocycles. The highest BCUT2D eigenvalue weighted by Gasteiger charge is 2.42. The predicted octanol–water partition coefficient (Wildman–Crippen LogP) is 3.06. The van der Waals surface area contributed by atoms with Crippen LogP contribution in [0.5, 0.6) is 0 Å². The molecule has 2 unspecified atom stereocenters. The maximum absolute atomic E-state index is 4.32. The van der Waals surface area contributed by atoms with Gasteiger partial charge in [0.15, 0.2) is 5.16 Å². The van der Waals surface area contributed by atoms with Crippen molar-refractivity contribution in [2.24, 2.45) is 5.41 Å². The van der Waals surface area contributed by atoms with E-state index in [1.165, 1.54) is 19.3 Å². The van der Waals surface area contributed by atoms with E-state index in [4.69, 9.17) is 0 Å². The number of hydrogen-bond donors (Lipinski definition) is 2. The van der Waals surface area contributed by atoms with Gasteiger partial charge in [-0.1, -0.05) is 32.5 Å². The van der Waals surface area contributed by atoms with Crippen LogP contribution in [0.2, 0.25) is 0 Å². The molecule has 1 heterocycles. The summed E-state index contributed by atoms with van der Waals surface area (Å²) in [7, 11) is 0. The zero-order valence-corrected chi connectivity index (χ0v) is 11.8. The first kappa shape index (κ1) is 13.0. The lowest BCUT2D eigenvalue weighted by atomic mass is 9.87. The van der Waals surface area contributed by atoms with Crippen molar-refractivity contribution < 1.29 is 0 Å². The maximum Gasteiger partial charge on any atom is 0.165 e. The van der Waals surface area contributed by atoms with Crippen molar-refractivity contribution in [1.29, 1.82) is 0 Å². The summed E-state index contributed by atoms with van der Waals surface area (Å²) in [5.74, 6) is 0. The van der Waals surface area contributed by atoms with E-state index in [2.05, 4.69) is 36.1 Å². The average molecular weight is 253 g/mol. The van der Waals surface area contributed by atoms with Crippen molar-refractivity contribution in [3.63, 3.8) is 0 Å². The van der Waals surface area contributed by atoms with Crippen LogP contribution in [0.15, 0.2) is 17.6 Å². The Morgan fingerprint density at radius 1 is 1.59 bits per heavy atom. The van der Waals surface area contributed by atoms with E-state index < -0.39 is 0 Å². The number of aromatic amines is 1. The summed E-state index contributed by atoms with van der Waals surface area (Å²) in [4.78, 5) is 7.51. The maximum atomic E-state index is 4.32. The molecule has 0 spiro atoms. The van der Waals surface area contributed by atoms with E-state index in [1.807, 2.05) is 24.2 Å². The van der Waals surface area contributed by atoms with Gasteiger partial charge in [0.25, 0.3) is 0 Å². The smallest absolute Gasteiger partial charge is 0.165 e. The predicted molar refractivity (Wildman–Crippen MR) is 73.3 cm³/mol. The summed E-state index contributed by atoms with van der Waals surface area (Å²) in [6.45, 7) is 8.10. The monoisotopic (exact) mass is 253 g/mol. The Bertz CT molecular complexity index is 334. The SMILES string of the molecule is CCCNC1C(Sc2ncc[nH]2)CCC1(C)C. The second-order valence-corrected chi connectivity index (χ2v) is 6.74. The van der Waals surface area contributed by atoms with Gasteiger partial charge in [-0.3, -0.25) is 0 Å². The second kappa shape index (κ2) is 5.44. The number of imidazole rings is 1. The Morgan fingerprint density at radius 2 is 2.41 bits per heavy atom. The number of nitrogens with zero attached hydrogens (tertiary/aromatic N) is 1. The van der Waals surface area contributed by atoms with Crippen molar-refractivity contribution in [3.8, 4) is 0 Å². The first-order valence-corrected chi connectivity index (χ1v) is 7.41. The number of thioether (sulfide) groups is 1. The fraction of sp³-hybridized carbons (Fsp3) is 0.769. The van der Waals surface area contributed by atoms with Gasteiger partial charge in [0.05, 0.1) is 0 Å². The molecule has 96 valence electrons. The molecule has 0 aliphatic heterocycles. The fourth-order valence-corrected chi connectivity index (χ4v) is 4.01. The Balaban J connectivity index is 2.00. The van der Waals surface area contributed by atoms with Crippen LogP contribution in [0, 0.1) is 5.41 Å². The Morgan fingerprint density at radius 3 is 3.06 bits per heavy atom. The van der Waals surface area contributed by atoms with E-state index in [-0.39, 0.29) is 0 Å². The molecule has 3 nitrogen and oxygen atoms in total. The number of H-pyrrole nitrogens is 1. The molecule has 4 heteroatoms. The summed E-state index contributed by atoms with van der Waals surface area (Å²) < 4.78 is 0. The van der Waals surface area contributed by atoms with Crippen molar-refractivity contribution in [1.82, 2.24) is 15.3 Å². The lowest BCUT2D eigenvalue weighted by Gasteiger charge is -2.31. The fourth-order valence-electron chi connectivity index (χ4n) is 2.63. The molecule has 1 fully saturated rings. The van der Waals surface area contributed by atoms with Gasteiger partial charge in [0.2, 0.25) is 0 Å². The molecular formula is C13H23N3S. The molecule has 0 aromatic carbocycles. The lowest BCUT2D eigenvalue weighted by molar-refractivity contribution is 0.287. The third kappa shape index (κ3) is 3.05. The summed E-state index contributed by atoms with van der Waals surface area (Å²) in [6.07, 6.45) is 7.50. The molecule has 0 radical (unpaired) electrons. The van der Waals surface area contributed by atoms with E-state index in [0.29, 0.717) is 16.7 Å². The highest BCUT2D eigenvalue weighted by Crippen LogP contribution is 2.44. The lowest BCUT2D eigenvalue weighted by Crippen LogP contribution is -2.43. The molecule has 1 aliphatic carbocycles. The zero-order valence-electron chi connectivity index (χ0n) is 11.0. The molecule has 17 heavy (non-hydrogen) atoms. The topological polar surface area (TPSA) is 40.7 Å². The van der Waals surface area contributed by atoms with E-state index in [1.54, 1.807) is 0 Å². The van der Waals surface area contributed by atoms with Gasteiger partial charge in [0, 0.05) is 23.7 Å². The molecule has 2 rings (SSSR count). The Labute approximate surface area is 108 Å². The highest BCUT2D eigenvalue weighted by atomic mass is 32.2. The van der Waals surface area contributed by atoms with E-state index in [0.717, 1.165) is 11.7 Å². The van der Waals surface area contributed by atoms with E-state index in [9.17, 15) is 0 Å². The number of nitrogens with one attached hydrogen (secondary N) is 2. The van der Waals surface area contributed by atoms with Gasteiger partial charge in [-0.25, -0.2) is 4.98 Å². The molecule has 0 bridgehead atoms. The normalized spacial score (nSPS) is 27.5. The summed E-state index contributed by atoms with van der Waals surface area (Å²) >= 11 is 1.89. The number of hydrogen-bond acceptors (Lipinski definition) is 3. The van der Waals surface area contributed by atoms with Crippen molar-refractivity contribution in [2.45, 2.75) is 56.5 Å². The molecule has 1 aromatic rings. The summed E-state index contributed by atoms with van der Waals surface area (Å²) in [5.41, 5.74) is 0.402. The van der Waals surface area contributed by atoms with Gasteiger partial charge in [-0.2, -0.15) is 0 Å². The largest absolute Gasteiger partial charge is 0.340 e. The average Bonchev–Trinajstić information content (AvgIpc) is 2.86. The first-order chi connectivity index (χ1) is 8.13. The Hall–Kier alpha value is -0.480. The van der Waals surface area contributed by atoms with Crippen molar-refractivity contribution >= 4 is 11.8 Å². The van der Waals surface area contributed by atoms with Gasteiger partial charge in [0.1, 0.15) is 0 Å². The quantitative estimate of drug-likeness (QED) is 0.847. The third-order valence-electron chi connectivity index (χ3n) is 3.64. The second-order valence-electron chi connectivity index (χ2n) is 5.51. The van der Waals surface area contributed by atoms with Gasteiger partial charge in [-0.05, 0) is 31.2 Å². The standard InChI is InChI=1S/C13H23N3S/c1-4-7-14-11-10(5-6-13(11,2)3)17-12-15-8-9-16-12/h8-11,14H,4-7H2,1-3H3,(H,15,16). The van der Waals surface area contributed by atoms with Crippen LogP contribution in [0.25, 0.3) is 0 Å². The van der Waals surface area contributed by atoms with Crippen LogP contribution >= 0.6 is 11.8 Å². The zero-order chi connectivity index (χ0) is 12.3. The first-order valence-electron chi connectivity index (χ1n) is 6.53. The van der Waals surface area contributed by atoms with Crippen molar-refractivity contribution in [3.05, 3.63) is 12.4 Å². The highest BCUT2D eigenvalue weighted by molar-refractivity contribution is 7.99. The summed E-state index contributed by atoms with van der Waals surface area (Å²) in [5, 5.41) is 5.41. The van der Waals surface area contributed by atoms with Crippen LogP contribution < -0.4 is 5.32 Å². The van der Waals surface area contributed by atoms with Crippen LogP contribution in [-0.2, 0) is 0 Å². The van der Waals surface area contributed by atoms with Crippen molar-refractivity contribution in [2.75, 3.05) is 6.54 Å². The van der Waals surface area contributed by atoms with Crippen LogP contribution in [0.3, 0.4) is 0 Å². The molecule has 2 N–H and O–H groups in total. The van der Waals surface area contributed by atoms with Gasteiger partial charge >= 0.3 is 0 Å². The number of aromatic nitrogens is 2.